The molecule has 86 valence electrons. The Morgan fingerprint density at radius 2 is 2.25 bits per heavy atom. The van der Waals surface area contributed by atoms with Crippen molar-refractivity contribution >= 4 is 33.4 Å². The first kappa shape index (κ1) is 11.4. The summed E-state index contributed by atoms with van der Waals surface area (Å²) in [7, 11) is -3.05. The molecule has 2 aromatic heterocycles. The molecule has 0 aliphatic heterocycles. The predicted molar refractivity (Wildman–Crippen MR) is 63.4 cm³/mol. The zero-order valence-corrected chi connectivity index (χ0v) is 10.7. The topological polar surface area (TPSA) is 91.5 Å². The minimum atomic E-state index is -3.05. The number of hydrogen-bond acceptors (Lipinski definition) is 6. The van der Waals surface area contributed by atoms with E-state index in [4.69, 9.17) is 12.2 Å². The first-order chi connectivity index (χ1) is 7.44. The predicted octanol–water partition coefficient (Wildman–Crippen LogP) is 1.14. The second-order valence-electron chi connectivity index (χ2n) is 3.20. The summed E-state index contributed by atoms with van der Waals surface area (Å²) in [5.41, 5.74) is 0. The van der Waals surface area contributed by atoms with E-state index >= 15 is 0 Å². The Morgan fingerprint density at radius 3 is 2.81 bits per heavy atom. The Balaban J connectivity index is 2.30. The maximum atomic E-state index is 11.1. The van der Waals surface area contributed by atoms with E-state index < -0.39 is 9.84 Å². The quantitative estimate of drug-likeness (QED) is 0.820. The number of nitrogens with one attached hydrogen (secondary N) is 2. The summed E-state index contributed by atoms with van der Waals surface area (Å²) in [4.78, 5) is 8.79. The standard InChI is InChI=1S/C7H8N4O2S3/c1-16(12,13)3-5-8-2-4(15-5)6-9-7(14)11-10-6/h2H,3H2,1H3,(H2,9,10,11,14). The smallest absolute Gasteiger partial charge is 0.213 e. The number of hydrogen-bond donors (Lipinski definition) is 2. The molecule has 9 heteroatoms. The van der Waals surface area contributed by atoms with Gasteiger partial charge in [0.2, 0.25) is 4.77 Å². The third-order valence-corrected chi connectivity index (χ3v) is 3.85. The Bertz CT molecular complexity index is 651. The second kappa shape index (κ2) is 4.07. The van der Waals surface area contributed by atoms with Crippen LogP contribution in [0.4, 0.5) is 0 Å². The van der Waals surface area contributed by atoms with Gasteiger partial charge in [0.1, 0.15) is 10.8 Å². The minimum Gasteiger partial charge on any atom is -0.281 e. The lowest BCUT2D eigenvalue weighted by Gasteiger charge is -1.90. The lowest BCUT2D eigenvalue weighted by Crippen LogP contribution is -1.99. The molecular weight excluding hydrogens is 268 g/mol. The summed E-state index contributed by atoms with van der Waals surface area (Å²) in [6, 6.07) is 0. The Labute approximate surface area is 101 Å². The molecule has 0 radical (unpaired) electrons. The van der Waals surface area contributed by atoms with E-state index in [2.05, 4.69) is 20.2 Å². The molecule has 0 unspecified atom stereocenters. The van der Waals surface area contributed by atoms with E-state index in [1.54, 1.807) is 6.20 Å². The van der Waals surface area contributed by atoms with Crippen LogP contribution in [0.2, 0.25) is 0 Å². The van der Waals surface area contributed by atoms with Crippen LogP contribution in [0.1, 0.15) is 5.01 Å². The van der Waals surface area contributed by atoms with Gasteiger partial charge < -0.3 is 0 Å². The number of rotatable bonds is 3. The molecule has 0 saturated carbocycles. The van der Waals surface area contributed by atoms with Gasteiger partial charge in [-0.3, -0.25) is 10.2 Å². The molecule has 0 bridgehead atoms. The molecule has 0 aliphatic carbocycles. The van der Waals surface area contributed by atoms with Gasteiger partial charge in [0, 0.05) is 12.5 Å². The van der Waals surface area contributed by atoms with Crippen molar-refractivity contribution in [2.75, 3.05) is 6.26 Å². The van der Waals surface area contributed by atoms with Crippen molar-refractivity contribution in [3.63, 3.8) is 0 Å². The molecule has 2 rings (SSSR count). The van der Waals surface area contributed by atoms with E-state index in [0.29, 0.717) is 15.6 Å². The number of sulfone groups is 1. The third-order valence-electron chi connectivity index (χ3n) is 1.67. The summed E-state index contributed by atoms with van der Waals surface area (Å²) < 4.78 is 22.5. The highest BCUT2D eigenvalue weighted by Gasteiger charge is 2.11. The van der Waals surface area contributed by atoms with E-state index in [1.165, 1.54) is 17.6 Å². The van der Waals surface area contributed by atoms with Crippen LogP contribution in [0.5, 0.6) is 0 Å². The molecule has 0 spiro atoms. The van der Waals surface area contributed by atoms with Gasteiger partial charge in [-0.25, -0.2) is 13.4 Å². The average molecular weight is 276 g/mol. The van der Waals surface area contributed by atoms with Crippen molar-refractivity contribution in [3.05, 3.63) is 16.0 Å². The SMILES string of the molecule is CS(=O)(=O)Cc1ncc(-c2nc(=S)[nH][nH]2)s1. The first-order valence-corrected chi connectivity index (χ1v) is 7.50. The molecule has 0 aliphatic rings. The lowest BCUT2D eigenvalue weighted by molar-refractivity contribution is 0.601. The highest BCUT2D eigenvalue weighted by atomic mass is 32.2. The monoisotopic (exact) mass is 276 g/mol. The van der Waals surface area contributed by atoms with Gasteiger partial charge in [0.25, 0.3) is 0 Å². The van der Waals surface area contributed by atoms with Gasteiger partial charge in [-0.15, -0.1) is 11.3 Å². The van der Waals surface area contributed by atoms with Crippen molar-refractivity contribution in [2.45, 2.75) is 5.75 Å². The third kappa shape index (κ3) is 2.74. The van der Waals surface area contributed by atoms with Crippen molar-refractivity contribution in [1.29, 1.82) is 0 Å². The largest absolute Gasteiger partial charge is 0.281 e. The van der Waals surface area contributed by atoms with Crippen LogP contribution in [0.15, 0.2) is 6.20 Å². The molecule has 0 fully saturated rings. The van der Waals surface area contributed by atoms with Crippen LogP contribution in [-0.4, -0.2) is 34.8 Å². The van der Waals surface area contributed by atoms with Crippen LogP contribution in [0, 0.1) is 4.77 Å². The molecule has 0 saturated heterocycles. The number of nitrogens with zero attached hydrogens (tertiary/aromatic N) is 2. The zero-order chi connectivity index (χ0) is 11.8. The summed E-state index contributed by atoms with van der Waals surface area (Å²) in [5, 5.41) is 5.98. The fourth-order valence-corrected chi connectivity index (χ4v) is 3.30. The van der Waals surface area contributed by atoms with E-state index in [0.717, 1.165) is 4.88 Å². The highest BCUT2D eigenvalue weighted by molar-refractivity contribution is 7.90. The summed E-state index contributed by atoms with van der Waals surface area (Å²) in [6.45, 7) is 0. The number of thiazole rings is 1. The molecule has 0 aromatic carbocycles. The van der Waals surface area contributed by atoms with Gasteiger partial charge in [-0.1, -0.05) is 0 Å². The van der Waals surface area contributed by atoms with Crippen LogP contribution in [-0.2, 0) is 15.6 Å². The molecule has 2 N–H and O–H groups in total. The van der Waals surface area contributed by atoms with Gasteiger partial charge in [-0.05, 0) is 12.2 Å². The Hall–Kier alpha value is -1.06. The molecule has 2 aromatic rings. The van der Waals surface area contributed by atoms with Crippen molar-refractivity contribution in [3.8, 4) is 10.7 Å². The Morgan fingerprint density at radius 1 is 1.50 bits per heavy atom. The number of H-pyrrole nitrogens is 2. The van der Waals surface area contributed by atoms with Crippen LogP contribution in [0.3, 0.4) is 0 Å². The van der Waals surface area contributed by atoms with Crippen molar-refractivity contribution in [1.82, 2.24) is 20.2 Å². The summed E-state index contributed by atoms with van der Waals surface area (Å²) >= 11 is 6.09. The molecule has 0 amide bonds. The maximum absolute atomic E-state index is 11.1. The Kier molecular flexibility index (Phi) is 2.91. The number of aromatic nitrogens is 4. The average Bonchev–Trinajstić information content (AvgIpc) is 2.71. The minimum absolute atomic E-state index is 0.0528. The van der Waals surface area contributed by atoms with E-state index in [-0.39, 0.29) is 5.75 Å². The summed E-state index contributed by atoms with van der Waals surface area (Å²) in [5.74, 6) is 0.519. The van der Waals surface area contributed by atoms with Crippen molar-refractivity contribution < 1.29 is 8.42 Å². The van der Waals surface area contributed by atoms with Gasteiger partial charge >= 0.3 is 0 Å². The van der Waals surface area contributed by atoms with E-state index in [1.807, 2.05) is 0 Å². The van der Waals surface area contributed by atoms with Crippen LogP contribution < -0.4 is 0 Å². The fraction of sp³-hybridized carbons (Fsp3) is 0.286. The molecular formula is C7H8N4O2S3. The number of aromatic amines is 2. The highest BCUT2D eigenvalue weighted by Crippen LogP contribution is 2.23. The second-order valence-corrected chi connectivity index (χ2v) is 6.85. The van der Waals surface area contributed by atoms with Gasteiger partial charge in [-0.2, -0.15) is 4.98 Å². The van der Waals surface area contributed by atoms with Crippen LogP contribution >= 0.6 is 23.6 Å². The van der Waals surface area contributed by atoms with Gasteiger partial charge in [0.15, 0.2) is 15.7 Å². The zero-order valence-electron chi connectivity index (χ0n) is 8.22. The summed E-state index contributed by atoms with van der Waals surface area (Å²) in [6.07, 6.45) is 2.75. The molecule has 0 atom stereocenters. The lowest BCUT2D eigenvalue weighted by atomic mass is 10.5. The normalized spacial score (nSPS) is 11.8. The molecule has 6 nitrogen and oxygen atoms in total. The maximum Gasteiger partial charge on any atom is 0.213 e. The molecule has 16 heavy (non-hydrogen) atoms. The van der Waals surface area contributed by atoms with E-state index in [9.17, 15) is 8.42 Å². The van der Waals surface area contributed by atoms with Crippen LogP contribution in [0.25, 0.3) is 10.7 Å². The van der Waals surface area contributed by atoms with Crippen molar-refractivity contribution in [2.24, 2.45) is 0 Å². The van der Waals surface area contributed by atoms with Gasteiger partial charge in [0.05, 0.1) is 4.88 Å². The first-order valence-electron chi connectivity index (χ1n) is 4.21. The fourth-order valence-electron chi connectivity index (χ4n) is 1.10. The molecule has 2 heterocycles.